The molecule has 0 spiro atoms. The third-order valence-corrected chi connectivity index (χ3v) is 3.95. The minimum absolute atomic E-state index is 0.121. The lowest BCUT2D eigenvalue weighted by atomic mass is 10.3. The number of aromatic amines is 1. The van der Waals surface area contributed by atoms with E-state index in [4.69, 9.17) is 5.84 Å². The predicted molar refractivity (Wildman–Crippen MR) is 72.7 cm³/mol. The molecule has 2 heterocycles. The Morgan fingerprint density at radius 2 is 2.42 bits per heavy atom. The quantitative estimate of drug-likeness (QED) is 0.426. The Morgan fingerprint density at radius 3 is 3.16 bits per heavy atom. The average molecular weight is 278 g/mol. The minimum atomic E-state index is -0.121. The van der Waals surface area contributed by atoms with Crippen molar-refractivity contribution in [2.24, 2.45) is 5.84 Å². The van der Waals surface area contributed by atoms with Gasteiger partial charge in [0.15, 0.2) is 5.16 Å². The van der Waals surface area contributed by atoms with E-state index < -0.39 is 0 Å². The second-order valence-electron chi connectivity index (χ2n) is 4.39. The predicted octanol–water partition coefficient (Wildman–Crippen LogP) is 0.879. The molecule has 1 fully saturated rings. The molecule has 4 N–H and O–H groups in total. The lowest BCUT2D eigenvalue weighted by Gasteiger charge is -2.05. The summed E-state index contributed by atoms with van der Waals surface area (Å²) in [5, 5.41) is 7.32. The molecule has 19 heavy (non-hydrogen) atoms. The van der Waals surface area contributed by atoms with E-state index in [0.29, 0.717) is 17.6 Å². The van der Waals surface area contributed by atoms with Gasteiger partial charge in [0, 0.05) is 18.0 Å². The number of hydrogen-bond donors (Lipinski definition) is 3. The van der Waals surface area contributed by atoms with Crippen LogP contribution in [-0.4, -0.2) is 19.7 Å². The van der Waals surface area contributed by atoms with E-state index in [1.165, 1.54) is 11.8 Å². The van der Waals surface area contributed by atoms with Crippen LogP contribution >= 0.6 is 11.8 Å². The van der Waals surface area contributed by atoms with Gasteiger partial charge in [0.1, 0.15) is 5.82 Å². The summed E-state index contributed by atoms with van der Waals surface area (Å²) in [6, 6.07) is 4.12. The van der Waals surface area contributed by atoms with Crippen LogP contribution < -0.4 is 17.0 Å². The van der Waals surface area contributed by atoms with Gasteiger partial charge in [-0.15, -0.1) is 5.10 Å². The zero-order valence-corrected chi connectivity index (χ0v) is 11.0. The summed E-state index contributed by atoms with van der Waals surface area (Å²) < 4.78 is 1.74. The molecule has 0 unspecified atom stereocenters. The van der Waals surface area contributed by atoms with Crippen molar-refractivity contribution in [3.63, 3.8) is 0 Å². The summed E-state index contributed by atoms with van der Waals surface area (Å²) in [7, 11) is 0. The number of nitrogens with zero attached hydrogens (tertiary/aromatic N) is 3. The lowest BCUT2D eigenvalue weighted by molar-refractivity contribution is 0.642. The highest BCUT2D eigenvalue weighted by Gasteiger charge is 2.28. The normalized spacial score (nSPS) is 14.6. The van der Waals surface area contributed by atoms with Crippen molar-refractivity contribution in [3.05, 3.63) is 34.4 Å². The number of nitrogens with two attached hydrogens (primary N) is 1. The van der Waals surface area contributed by atoms with E-state index in [1.54, 1.807) is 10.8 Å². The van der Waals surface area contributed by atoms with Crippen LogP contribution in [-0.2, 0) is 5.75 Å². The Hall–Kier alpha value is -1.80. The standard InChI is InChI=1S/C11H14N6OS/c12-14-9-5-7(3-4-13-9)6-19-11-16-15-10(18)17(11)8-1-2-8/h3-5,8H,1-2,6,12H2,(H,13,14)(H,15,18). The van der Waals surface area contributed by atoms with Crippen molar-refractivity contribution < 1.29 is 0 Å². The lowest BCUT2D eigenvalue weighted by Crippen LogP contribution is -2.16. The average Bonchev–Trinajstić information content (AvgIpc) is 3.20. The molecule has 1 aliphatic rings. The van der Waals surface area contributed by atoms with E-state index in [9.17, 15) is 4.79 Å². The van der Waals surface area contributed by atoms with Gasteiger partial charge < -0.3 is 5.43 Å². The summed E-state index contributed by atoms with van der Waals surface area (Å²) in [5.74, 6) is 6.66. The van der Waals surface area contributed by atoms with Crippen LogP contribution in [0.25, 0.3) is 0 Å². The Balaban J connectivity index is 1.73. The topological polar surface area (TPSA) is 102 Å². The fourth-order valence-electron chi connectivity index (χ4n) is 1.84. The molecule has 0 saturated heterocycles. The van der Waals surface area contributed by atoms with Crippen molar-refractivity contribution >= 4 is 17.6 Å². The maximum Gasteiger partial charge on any atom is 0.344 e. The van der Waals surface area contributed by atoms with Crippen molar-refractivity contribution in [1.82, 2.24) is 19.7 Å². The Bertz CT molecular complexity index is 632. The van der Waals surface area contributed by atoms with Crippen molar-refractivity contribution in [2.45, 2.75) is 29.8 Å². The summed E-state index contributed by atoms with van der Waals surface area (Å²) in [5.41, 5.74) is 3.47. The summed E-state index contributed by atoms with van der Waals surface area (Å²) in [4.78, 5) is 15.7. The SMILES string of the molecule is NNc1cc(CSc2n[nH]c(=O)n2C2CC2)ccn1. The van der Waals surface area contributed by atoms with Gasteiger partial charge in [0.05, 0.1) is 0 Å². The van der Waals surface area contributed by atoms with Crippen LogP contribution in [0, 0.1) is 0 Å². The first-order valence-corrected chi connectivity index (χ1v) is 6.98. The van der Waals surface area contributed by atoms with Gasteiger partial charge in [-0.25, -0.2) is 20.7 Å². The van der Waals surface area contributed by atoms with Crippen LogP contribution in [0.15, 0.2) is 28.3 Å². The zero-order valence-electron chi connectivity index (χ0n) is 10.2. The van der Waals surface area contributed by atoms with Crippen LogP contribution in [0.2, 0.25) is 0 Å². The van der Waals surface area contributed by atoms with Gasteiger partial charge in [-0.3, -0.25) is 4.57 Å². The third-order valence-electron chi connectivity index (χ3n) is 2.92. The number of aromatic nitrogens is 4. The first-order valence-electron chi connectivity index (χ1n) is 5.99. The first kappa shape index (κ1) is 12.2. The van der Waals surface area contributed by atoms with Crippen LogP contribution in [0.1, 0.15) is 24.4 Å². The highest BCUT2D eigenvalue weighted by atomic mass is 32.2. The number of pyridine rings is 1. The maximum absolute atomic E-state index is 11.6. The monoisotopic (exact) mass is 278 g/mol. The first-order chi connectivity index (χ1) is 9.28. The van der Waals surface area contributed by atoms with E-state index in [1.807, 2.05) is 12.1 Å². The van der Waals surface area contributed by atoms with Gasteiger partial charge in [-0.1, -0.05) is 11.8 Å². The number of nitrogen functional groups attached to an aromatic ring is 1. The molecule has 3 rings (SSSR count). The van der Waals surface area contributed by atoms with Crippen LogP contribution in [0.3, 0.4) is 0 Å². The van der Waals surface area contributed by atoms with Crippen molar-refractivity contribution in [2.75, 3.05) is 5.43 Å². The molecule has 0 aromatic carbocycles. The van der Waals surface area contributed by atoms with E-state index in [2.05, 4.69) is 20.6 Å². The molecule has 1 aliphatic carbocycles. The summed E-state index contributed by atoms with van der Waals surface area (Å²) in [6.07, 6.45) is 3.82. The Labute approximate surface area is 113 Å². The number of rotatable bonds is 5. The molecule has 0 atom stereocenters. The molecule has 0 radical (unpaired) electrons. The van der Waals surface area contributed by atoms with Crippen molar-refractivity contribution in [1.29, 1.82) is 0 Å². The second kappa shape index (κ2) is 5.06. The number of nitrogens with one attached hydrogen (secondary N) is 2. The zero-order chi connectivity index (χ0) is 13.2. The van der Waals surface area contributed by atoms with Crippen LogP contribution in [0.4, 0.5) is 5.82 Å². The molecule has 8 heteroatoms. The van der Waals surface area contributed by atoms with E-state index in [-0.39, 0.29) is 5.69 Å². The maximum atomic E-state index is 11.6. The van der Waals surface area contributed by atoms with Gasteiger partial charge in [-0.2, -0.15) is 0 Å². The van der Waals surface area contributed by atoms with E-state index in [0.717, 1.165) is 23.6 Å². The molecular weight excluding hydrogens is 264 g/mol. The minimum Gasteiger partial charge on any atom is -0.308 e. The summed E-state index contributed by atoms with van der Waals surface area (Å²) >= 11 is 1.53. The van der Waals surface area contributed by atoms with Gasteiger partial charge in [-0.05, 0) is 30.5 Å². The fraction of sp³-hybridized carbons (Fsp3) is 0.364. The Kier molecular flexibility index (Phi) is 3.26. The third kappa shape index (κ3) is 2.64. The molecule has 2 aromatic rings. The highest BCUT2D eigenvalue weighted by Crippen LogP contribution is 2.36. The molecule has 100 valence electrons. The van der Waals surface area contributed by atoms with Gasteiger partial charge >= 0.3 is 5.69 Å². The number of hydrogen-bond acceptors (Lipinski definition) is 6. The number of thioether (sulfide) groups is 1. The molecule has 0 amide bonds. The highest BCUT2D eigenvalue weighted by molar-refractivity contribution is 7.98. The largest absolute Gasteiger partial charge is 0.344 e. The molecule has 0 aliphatic heterocycles. The van der Waals surface area contributed by atoms with Gasteiger partial charge in [0.25, 0.3) is 0 Å². The Morgan fingerprint density at radius 1 is 1.58 bits per heavy atom. The fourth-order valence-corrected chi connectivity index (χ4v) is 2.79. The van der Waals surface area contributed by atoms with E-state index >= 15 is 0 Å². The molecular formula is C11H14N6OS. The van der Waals surface area contributed by atoms with Crippen molar-refractivity contribution in [3.8, 4) is 0 Å². The molecule has 7 nitrogen and oxygen atoms in total. The molecule has 2 aromatic heterocycles. The molecule has 0 bridgehead atoms. The smallest absolute Gasteiger partial charge is 0.308 e. The molecule has 1 saturated carbocycles. The number of hydrazine groups is 1. The second-order valence-corrected chi connectivity index (χ2v) is 5.34. The summed E-state index contributed by atoms with van der Waals surface area (Å²) in [6.45, 7) is 0. The van der Waals surface area contributed by atoms with Crippen LogP contribution in [0.5, 0.6) is 0 Å². The van der Waals surface area contributed by atoms with Gasteiger partial charge in [0.2, 0.25) is 0 Å². The number of H-pyrrole nitrogens is 1. The number of anilines is 1.